The summed E-state index contributed by atoms with van der Waals surface area (Å²) < 4.78 is 7.72. The molecule has 0 saturated carbocycles. The van der Waals surface area contributed by atoms with Gasteiger partial charge in [0, 0.05) is 41.5 Å². The smallest absolute Gasteiger partial charge is 0.305 e. The van der Waals surface area contributed by atoms with Crippen LogP contribution in [0.1, 0.15) is 48.5 Å². The Balaban J connectivity index is 1.29. The molecule has 35 heavy (non-hydrogen) atoms. The predicted octanol–water partition coefficient (Wildman–Crippen LogP) is 3.96. The Hall–Kier alpha value is -4.01. The zero-order valence-corrected chi connectivity index (χ0v) is 19.8. The molecular formula is C26H28N6O3. The van der Waals surface area contributed by atoms with Gasteiger partial charge in [0.2, 0.25) is 0 Å². The Morgan fingerprint density at radius 3 is 2.86 bits per heavy atom. The molecule has 9 heteroatoms. The molecule has 2 atom stereocenters. The second-order valence-corrected chi connectivity index (χ2v) is 8.98. The number of carboxylic acid groups (broad SMARTS) is 1. The van der Waals surface area contributed by atoms with Crippen molar-refractivity contribution >= 4 is 22.7 Å². The lowest BCUT2D eigenvalue weighted by molar-refractivity contribution is -0.137. The molecule has 0 radical (unpaired) electrons. The fourth-order valence-electron chi connectivity index (χ4n) is 4.40. The van der Waals surface area contributed by atoms with Gasteiger partial charge < -0.3 is 15.2 Å². The predicted molar refractivity (Wildman–Crippen MR) is 132 cm³/mol. The van der Waals surface area contributed by atoms with Crippen molar-refractivity contribution in [1.82, 2.24) is 24.7 Å². The highest BCUT2D eigenvalue weighted by atomic mass is 16.5. The van der Waals surface area contributed by atoms with Gasteiger partial charge in [-0.05, 0) is 56.5 Å². The average Bonchev–Trinajstić information content (AvgIpc) is 3.26. The Kier molecular flexibility index (Phi) is 6.31. The Bertz CT molecular complexity index is 1350. The lowest BCUT2D eigenvalue weighted by Gasteiger charge is -2.23. The lowest BCUT2D eigenvalue weighted by atomic mass is 10.0. The van der Waals surface area contributed by atoms with Crippen LogP contribution >= 0.6 is 0 Å². The van der Waals surface area contributed by atoms with Crippen molar-refractivity contribution in [2.45, 2.75) is 51.6 Å². The number of ether oxygens (including phenoxy) is 1. The van der Waals surface area contributed by atoms with Crippen molar-refractivity contribution in [2.75, 3.05) is 11.9 Å². The molecular weight excluding hydrogens is 444 g/mol. The molecule has 180 valence electrons. The maximum atomic E-state index is 11.6. The summed E-state index contributed by atoms with van der Waals surface area (Å²) in [4.78, 5) is 24.8. The summed E-state index contributed by atoms with van der Waals surface area (Å²) in [7, 11) is 0. The van der Waals surface area contributed by atoms with Crippen LogP contribution in [0.4, 0.5) is 5.82 Å². The third-order valence-corrected chi connectivity index (χ3v) is 6.31. The zero-order chi connectivity index (χ0) is 24.4. The molecule has 2 unspecified atom stereocenters. The molecule has 1 aliphatic heterocycles. The minimum absolute atomic E-state index is 0.122. The first-order chi connectivity index (χ1) is 17.0. The minimum atomic E-state index is -0.917. The highest BCUT2D eigenvalue weighted by molar-refractivity contribution is 5.81. The number of anilines is 1. The van der Waals surface area contributed by atoms with Gasteiger partial charge in [0.15, 0.2) is 0 Å². The van der Waals surface area contributed by atoms with Crippen molar-refractivity contribution in [2.24, 2.45) is 0 Å². The fourth-order valence-corrected chi connectivity index (χ4v) is 4.40. The van der Waals surface area contributed by atoms with Crippen LogP contribution in [0.5, 0.6) is 5.75 Å². The third kappa shape index (κ3) is 5.08. The maximum absolute atomic E-state index is 11.6. The molecule has 2 N–H and O–H groups in total. The van der Waals surface area contributed by atoms with Crippen LogP contribution in [-0.4, -0.2) is 48.5 Å². The van der Waals surface area contributed by atoms with E-state index in [0.29, 0.717) is 30.5 Å². The Morgan fingerprint density at radius 1 is 1.23 bits per heavy atom. The standard InChI is InChI=1S/C26H28N6O3/c1-16-3-4-18-5-6-21(31-26(18)30-16)9-10-35-22-7-8-23-19(11-22)15-29-32(23)24(12-25(33)34)20-13-27-17(2)28-14-20/h5-8,11,13-16,24H,3-4,9-10,12H2,1-2H3,(H,30,31)(H,33,34). The second-order valence-electron chi connectivity index (χ2n) is 8.98. The van der Waals surface area contributed by atoms with Crippen LogP contribution in [0.2, 0.25) is 0 Å². The molecule has 5 rings (SSSR count). The van der Waals surface area contributed by atoms with Crippen LogP contribution in [0.3, 0.4) is 0 Å². The molecule has 0 spiro atoms. The van der Waals surface area contributed by atoms with E-state index in [0.717, 1.165) is 41.0 Å². The number of pyridine rings is 1. The van der Waals surface area contributed by atoms with Crippen molar-refractivity contribution in [1.29, 1.82) is 0 Å². The van der Waals surface area contributed by atoms with Crippen LogP contribution in [-0.2, 0) is 17.6 Å². The van der Waals surface area contributed by atoms with E-state index in [-0.39, 0.29) is 6.42 Å². The van der Waals surface area contributed by atoms with Crippen molar-refractivity contribution in [3.05, 3.63) is 71.6 Å². The van der Waals surface area contributed by atoms with Crippen molar-refractivity contribution < 1.29 is 14.6 Å². The second kappa shape index (κ2) is 9.69. The van der Waals surface area contributed by atoms with E-state index >= 15 is 0 Å². The lowest BCUT2D eigenvalue weighted by Crippen LogP contribution is -2.23. The largest absolute Gasteiger partial charge is 0.493 e. The first-order valence-electron chi connectivity index (χ1n) is 11.8. The maximum Gasteiger partial charge on any atom is 0.305 e. The number of rotatable bonds is 8. The molecule has 0 aliphatic carbocycles. The number of nitrogens with zero attached hydrogens (tertiary/aromatic N) is 5. The Labute approximate surface area is 203 Å². The van der Waals surface area contributed by atoms with E-state index in [9.17, 15) is 9.90 Å². The summed E-state index contributed by atoms with van der Waals surface area (Å²) in [5.74, 6) is 1.44. The number of fused-ring (bicyclic) bond motifs is 2. The Morgan fingerprint density at radius 2 is 2.06 bits per heavy atom. The molecule has 3 aromatic heterocycles. The van der Waals surface area contributed by atoms with E-state index < -0.39 is 12.0 Å². The molecule has 9 nitrogen and oxygen atoms in total. The molecule has 4 heterocycles. The number of nitrogens with one attached hydrogen (secondary N) is 1. The van der Waals surface area contributed by atoms with Gasteiger partial charge in [0.25, 0.3) is 0 Å². The molecule has 4 aromatic rings. The average molecular weight is 473 g/mol. The van der Waals surface area contributed by atoms with Crippen LogP contribution in [0, 0.1) is 6.92 Å². The first kappa shape index (κ1) is 22.8. The number of hydrogen-bond donors (Lipinski definition) is 2. The molecule has 1 aliphatic rings. The van der Waals surface area contributed by atoms with Gasteiger partial charge in [-0.3, -0.25) is 9.48 Å². The molecule has 1 aromatic carbocycles. The summed E-state index contributed by atoms with van der Waals surface area (Å²) in [6.45, 7) is 4.47. The van der Waals surface area contributed by atoms with Gasteiger partial charge in [0.05, 0.1) is 30.8 Å². The highest BCUT2D eigenvalue weighted by Gasteiger charge is 2.21. The molecule has 0 fully saturated rings. The third-order valence-electron chi connectivity index (χ3n) is 6.31. The summed E-state index contributed by atoms with van der Waals surface area (Å²) in [6, 6.07) is 9.88. The monoisotopic (exact) mass is 472 g/mol. The van der Waals surface area contributed by atoms with E-state index in [4.69, 9.17) is 9.72 Å². The first-order valence-corrected chi connectivity index (χ1v) is 11.8. The van der Waals surface area contributed by atoms with Gasteiger partial charge >= 0.3 is 5.97 Å². The number of carboxylic acids is 1. The van der Waals surface area contributed by atoms with Gasteiger partial charge in [0.1, 0.15) is 17.4 Å². The van der Waals surface area contributed by atoms with Crippen molar-refractivity contribution in [3.63, 3.8) is 0 Å². The van der Waals surface area contributed by atoms with E-state index in [1.54, 1.807) is 30.2 Å². The molecule has 0 amide bonds. The van der Waals surface area contributed by atoms with E-state index in [1.807, 2.05) is 18.2 Å². The number of benzene rings is 1. The van der Waals surface area contributed by atoms with Gasteiger partial charge in [-0.1, -0.05) is 6.07 Å². The van der Waals surface area contributed by atoms with Gasteiger partial charge in [-0.25, -0.2) is 15.0 Å². The summed E-state index contributed by atoms with van der Waals surface area (Å²) in [6.07, 6.45) is 7.82. The summed E-state index contributed by atoms with van der Waals surface area (Å²) in [5, 5.41) is 18.3. The molecule has 0 bridgehead atoms. The summed E-state index contributed by atoms with van der Waals surface area (Å²) in [5.41, 5.74) is 3.79. The minimum Gasteiger partial charge on any atom is -0.493 e. The topological polar surface area (TPSA) is 115 Å². The molecule has 0 saturated heterocycles. The quantitative estimate of drug-likeness (QED) is 0.396. The van der Waals surface area contributed by atoms with Gasteiger partial charge in [-0.2, -0.15) is 5.10 Å². The van der Waals surface area contributed by atoms with Gasteiger partial charge in [-0.15, -0.1) is 0 Å². The van der Waals surface area contributed by atoms with E-state index in [1.165, 1.54) is 5.56 Å². The number of carbonyl (C=O) groups is 1. The summed E-state index contributed by atoms with van der Waals surface area (Å²) >= 11 is 0. The highest BCUT2D eigenvalue weighted by Crippen LogP contribution is 2.28. The van der Waals surface area contributed by atoms with Crippen LogP contribution in [0.25, 0.3) is 10.9 Å². The fraction of sp³-hybridized carbons (Fsp3) is 0.346. The van der Waals surface area contributed by atoms with Crippen LogP contribution < -0.4 is 10.1 Å². The van der Waals surface area contributed by atoms with E-state index in [2.05, 4.69) is 39.4 Å². The number of aryl methyl sites for hydroxylation is 2. The normalized spacial score (nSPS) is 15.9. The zero-order valence-electron chi connectivity index (χ0n) is 19.8. The van der Waals surface area contributed by atoms with Crippen molar-refractivity contribution in [3.8, 4) is 5.75 Å². The number of hydrogen-bond acceptors (Lipinski definition) is 7. The SMILES string of the molecule is Cc1ncc(C(CC(=O)O)n2ncc3cc(OCCc4ccc5c(n4)NC(C)CC5)ccc32)cn1. The number of aromatic nitrogens is 5. The number of aliphatic carboxylic acids is 1. The van der Waals surface area contributed by atoms with Crippen LogP contribution in [0.15, 0.2) is 48.9 Å².